The van der Waals surface area contributed by atoms with Gasteiger partial charge in [-0.05, 0) is 44.1 Å². The van der Waals surface area contributed by atoms with Crippen molar-refractivity contribution in [2.24, 2.45) is 0 Å². The minimum atomic E-state index is -0.789. The Hall–Kier alpha value is -2.08. The summed E-state index contributed by atoms with van der Waals surface area (Å²) in [6, 6.07) is 15.2. The van der Waals surface area contributed by atoms with E-state index in [9.17, 15) is 5.11 Å². The van der Waals surface area contributed by atoms with Crippen molar-refractivity contribution in [1.82, 2.24) is 9.80 Å². The molecule has 2 aromatic rings. The highest BCUT2D eigenvalue weighted by Gasteiger charge is 2.58. The molecule has 4 heterocycles. The second-order valence-electron chi connectivity index (χ2n) is 8.72. The van der Waals surface area contributed by atoms with E-state index in [0.717, 1.165) is 37.2 Å². The second-order valence-corrected chi connectivity index (χ2v) is 8.72. The molecule has 4 unspecified atom stereocenters. The van der Waals surface area contributed by atoms with Gasteiger partial charge in [0.2, 0.25) is 0 Å². The van der Waals surface area contributed by atoms with Crippen LogP contribution in [-0.4, -0.2) is 54.4 Å². The molecule has 0 spiro atoms. The molecule has 0 amide bonds. The number of nitrogens with one attached hydrogen (secondary N) is 2. The van der Waals surface area contributed by atoms with Crippen molar-refractivity contribution in [2.75, 3.05) is 37.8 Å². The van der Waals surface area contributed by atoms with E-state index in [1.807, 2.05) is 0 Å². The number of hydrogen-bond donors (Lipinski definition) is 3. The van der Waals surface area contributed by atoms with Crippen LogP contribution in [0.4, 0.5) is 11.4 Å². The van der Waals surface area contributed by atoms with Crippen LogP contribution >= 0.6 is 0 Å². The van der Waals surface area contributed by atoms with Crippen molar-refractivity contribution in [3.05, 3.63) is 59.2 Å². The summed E-state index contributed by atoms with van der Waals surface area (Å²) in [6.07, 6.45) is 2.07. The first kappa shape index (κ1) is 15.9. The molecule has 3 N–H and O–H groups in total. The summed E-state index contributed by atoms with van der Waals surface area (Å²) >= 11 is 0. The minimum Gasteiger partial charge on any atom is -0.381 e. The van der Waals surface area contributed by atoms with Gasteiger partial charge in [-0.3, -0.25) is 9.80 Å². The average molecular weight is 362 g/mol. The summed E-state index contributed by atoms with van der Waals surface area (Å²) in [7, 11) is 4.30. The van der Waals surface area contributed by atoms with Crippen LogP contribution < -0.4 is 10.6 Å². The molecule has 2 saturated heterocycles. The molecule has 0 bridgehead atoms. The van der Waals surface area contributed by atoms with Crippen LogP contribution in [0.25, 0.3) is 0 Å². The van der Waals surface area contributed by atoms with Gasteiger partial charge < -0.3 is 15.7 Å². The molecule has 5 heteroatoms. The third kappa shape index (κ3) is 1.76. The van der Waals surface area contributed by atoms with Crippen molar-refractivity contribution in [1.29, 1.82) is 0 Å². The largest absolute Gasteiger partial charge is 0.381 e. The van der Waals surface area contributed by atoms with Crippen molar-refractivity contribution in [3.63, 3.8) is 0 Å². The molecule has 140 valence electrons. The summed E-state index contributed by atoms with van der Waals surface area (Å²) < 4.78 is 0. The van der Waals surface area contributed by atoms with E-state index in [1.165, 1.54) is 16.8 Å². The van der Waals surface area contributed by atoms with Crippen LogP contribution in [0.15, 0.2) is 42.5 Å². The zero-order valence-electron chi connectivity index (χ0n) is 15.9. The van der Waals surface area contributed by atoms with Crippen molar-refractivity contribution >= 4 is 11.4 Å². The summed E-state index contributed by atoms with van der Waals surface area (Å²) in [5.74, 6) is 0. The Balaban J connectivity index is 1.59. The van der Waals surface area contributed by atoms with Gasteiger partial charge in [0, 0.05) is 30.0 Å². The van der Waals surface area contributed by atoms with Crippen LogP contribution in [0.3, 0.4) is 0 Å². The normalized spacial score (nSPS) is 36.7. The molecular formula is C22H26N4O. The highest BCUT2D eigenvalue weighted by molar-refractivity contribution is 5.75. The zero-order chi connectivity index (χ0) is 18.4. The van der Waals surface area contributed by atoms with Gasteiger partial charge in [0.05, 0.1) is 11.6 Å². The van der Waals surface area contributed by atoms with Crippen LogP contribution in [-0.2, 0) is 11.0 Å². The average Bonchev–Trinajstić information content (AvgIpc) is 3.36. The predicted octanol–water partition coefficient (Wildman–Crippen LogP) is 2.33. The van der Waals surface area contributed by atoms with Crippen molar-refractivity contribution < 1.29 is 5.11 Å². The lowest BCUT2D eigenvalue weighted by Gasteiger charge is -2.34. The summed E-state index contributed by atoms with van der Waals surface area (Å²) in [4.78, 5) is 4.66. The summed E-state index contributed by atoms with van der Waals surface area (Å²) in [5.41, 5.74) is 5.28. The first-order valence-electron chi connectivity index (χ1n) is 9.95. The minimum absolute atomic E-state index is 0.0350. The number of benzene rings is 2. The van der Waals surface area contributed by atoms with E-state index < -0.39 is 5.60 Å². The zero-order valence-corrected chi connectivity index (χ0v) is 15.9. The molecule has 2 aromatic carbocycles. The van der Waals surface area contributed by atoms with Crippen LogP contribution in [0.1, 0.15) is 29.5 Å². The predicted molar refractivity (Wildman–Crippen MR) is 107 cm³/mol. The van der Waals surface area contributed by atoms with E-state index in [4.69, 9.17) is 0 Å². The lowest BCUT2D eigenvalue weighted by Crippen LogP contribution is -2.43. The van der Waals surface area contributed by atoms with Gasteiger partial charge in [0.1, 0.15) is 11.8 Å². The smallest absolute Gasteiger partial charge is 0.126 e. The van der Waals surface area contributed by atoms with Gasteiger partial charge in [-0.15, -0.1) is 0 Å². The highest BCUT2D eigenvalue weighted by atomic mass is 16.3. The van der Waals surface area contributed by atoms with E-state index in [0.29, 0.717) is 0 Å². The van der Waals surface area contributed by atoms with Gasteiger partial charge in [-0.1, -0.05) is 36.4 Å². The summed E-state index contributed by atoms with van der Waals surface area (Å²) in [6.45, 7) is 1.97. The standard InChI is InChI=1S/C22H26N4O/c1-25-12-10-21(14-6-3-4-9-17(14)23-19(21)25)15-7-5-8-16-18(15)24-20-22(16,27)11-13-26(20)2/h3-9,19-20,23-24,27H,10-13H2,1-2H3. The Morgan fingerprint density at radius 1 is 0.852 bits per heavy atom. The van der Waals surface area contributed by atoms with E-state index >= 15 is 0 Å². The van der Waals surface area contributed by atoms with Crippen LogP contribution in [0.2, 0.25) is 0 Å². The van der Waals surface area contributed by atoms with E-state index in [2.05, 4.69) is 77.0 Å². The van der Waals surface area contributed by atoms with Gasteiger partial charge in [-0.2, -0.15) is 0 Å². The Kier molecular flexibility index (Phi) is 2.97. The van der Waals surface area contributed by atoms with Crippen LogP contribution in [0, 0.1) is 0 Å². The van der Waals surface area contributed by atoms with Gasteiger partial charge in [0.15, 0.2) is 0 Å². The molecule has 0 aliphatic carbocycles. The number of fused-ring (bicyclic) bond motifs is 6. The Bertz CT molecular complexity index is 946. The second kappa shape index (κ2) is 5.04. The van der Waals surface area contributed by atoms with Gasteiger partial charge in [-0.25, -0.2) is 0 Å². The van der Waals surface area contributed by atoms with E-state index in [1.54, 1.807) is 0 Å². The molecular weight excluding hydrogens is 336 g/mol. The fourth-order valence-electron chi connectivity index (χ4n) is 6.15. The molecule has 0 saturated carbocycles. The molecule has 4 aliphatic rings. The lowest BCUT2D eigenvalue weighted by molar-refractivity contribution is 0.0241. The molecule has 4 atom stereocenters. The fourth-order valence-corrected chi connectivity index (χ4v) is 6.15. The Morgan fingerprint density at radius 2 is 1.56 bits per heavy atom. The Labute approximate surface area is 160 Å². The number of likely N-dealkylation sites (tertiary alicyclic amines) is 2. The lowest BCUT2D eigenvalue weighted by atomic mass is 9.72. The first-order valence-corrected chi connectivity index (χ1v) is 9.95. The molecule has 0 radical (unpaired) electrons. The number of rotatable bonds is 1. The fraction of sp³-hybridized carbons (Fsp3) is 0.455. The maximum absolute atomic E-state index is 11.5. The summed E-state index contributed by atoms with van der Waals surface area (Å²) in [5, 5.41) is 19.0. The molecule has 5 nitrogen and oxygen atoms in total. The number of hydrogen-bond acceptors (Lipinski definition) is 5. The van der Waals surface area contributed by atoms with Gasteiger partial charge in [0.25, 0.3) is 0 Å². The van der Waals surface area contributed by atoms with Crippen LogP contribution in [0.5, 0.6) is 0 Å². The molecule has 0 aromatic heterocycles. The number of aliphatic hydroxyl groups is 1. The quantitative estimate of drug-likeness (QED) is 0.727. The number of para-hydroxylation sites is 2. The number of likely N-dealkylation sites (N-methyl/N-ethyl adjacent to an activating group) is 2. The van der Waals surface area contributed by atoms with E-state index in [-0.39, 0.29) is 17.7 Å². The maximum atomic E-state index is 11.5. The molecule has 4 aliphatic heterocycles. The third-order valence-corrected chi connectivity index (χ3v) is 7.50. The third-order valence-electron chi connectivity index (χ3n) is 7.50. The number of nitrogens with zero attached hydrogens (tertiary/aromatic N) is 2. The number of anilines is 2. The van der Waals surface area contributed by atoms with Gasteiger partial charge >= 0.3 is 0 Å². The topological polar surface area (TPSA) is 50.8 Å². The van der Waals surface area contributed by atoms with Crippen molar-refractivity contribution in [2.45, 2.75) is 36.2 Å². The highest BCUT2D eigenvalue weighted by Crippen LogP contribution is 2.57. The molecule has 6 rings (SSSR count). The Morgan fingerprint density at radius 3 is 2.44 bits per heavy atom. The maximum Gasteiger partial charge on any atom is 0.126 e. The molecule has 2 fully saturated rings. The van der Waals surface area contributed by atoms with Crippen molar-refractivity contribution in [3.8, 4) is 0 Å². The molecule has 27 heavy (non-hydrogen) atoms. The first-order chi connectivity index (χ1) is 13.1. The monoisotopic (exact) mass is 362 g/mol. The SMILES string of the molecule is CN1CCC2(O)c3cccc(C45CCN(C)C4Nc4ccccc45)c3NC12.